The molecule has 0 aliphatic carbocycles. The van der Waals surface area contributed by atoms with Crippen molar-refractivity contribution in [2.75, 3.05) is 14.2 Å². The van der Waals surface area contributed by atoms with Crippen LogP contribution < -0.4 is 9.47 Å². The van der Waals surface area contributed by atoms with E-state index in [1.54, 1.807) is 25.6 Å². The standard InChI is InChI=1S/C19H17NO2S/c1-21-17-10-9-15(12-18(17)22-2)16-13-23-19(20-16)11-8-14-6-4-3-5-7-14/h3-13H,1-2H3/b11-8+. The number of aromatic nitrogens is 1. The maximum atomic E-state index is 5.35. The maximum Gasteiger partial charge on any atom is 0.161 e. The predicted molar refractivity (Wildman–Crippen MR) is 96.0 cm³/mol. The van der Waals surface area contributed by atoms with Crippen LogP contribution in [0.15, 0.2) is 53.9 Å². The minimum absolute atomic E-state index is 0.708. The molecular weight excluding hydrogens is 306 g/mol. The monoisotopic (exact) mass is 323 g/mol. The van der Waals surface area contributed by atoms with Crippen molar-refractivity contribution < 1.29 is 9.47 Å². The van der Waals surface area contributed by atoms with Gasteiger partial charge in [0.1, 0.15) is 5.01 Å². The molecule has 0 radical (unpaired) electrons. The molecule has 0 saturated carbocycles. The van der Waals surface area contributed by atoms with Crippen LogP contribution in [-0.4, -0.2) is 19.2 Å². The molecule has 0 fully saturated rings. The molecule has 0 aliphatic rings. The van der Waals surface area contributed by atoms with Gasteiger partial charge in [-0.25, -0.2) is 4.98 Å². The lowest BCUT2D eigenvalue weighted by atomic mass is 10.1. The molecule has 0 atom stereocenters. The van der Waals surface area contributed by atoms with Crippen LogP contribution in [0.2, 0.25) is 0 Å². The Kier molecular flexibility index (Phi) is 4.74. The molecule has 0 spiro atoms. The Labute approximate surface area is 139 Å². The van der Waals surface area contributed by atoms with E-state index in [9.17, 15) is 0 Å². The van der Waals surface area contributed by atoms with Crippen LogP contribution in [0.1, 0.15) is 10.6 Å². The summed E-state index contributed by atoms with van der Waals surface area (Å²) in [6.07, 6.45) is 4.10. The Balaban J connectivity index is 1.83. The van der Waals surface area contributed by atoms with Crippen LogP contribution in [0.25, 0.3) is 23.4 Å². The van der Waals surface area contributed by atoms with Gasteiger partial charge in [0.25, 0.3) is 0 Å². The average molecular weight is 323 g/mol. The van der Waals surface area contributed by atoms with E-state index in [0.717, 1.165) is 27.6 Å². The number of thiazole rings is 1. The first-order valence-electron chi connectivity index (χ1n) is 7.21. The topological polar surface area (TPSA) is 31.4 Å². The molecule has 0 amide bonds. The van der Waals surface area contributed by atoms with Crippen molar-refractivity contribution in [1.29, 1.82) is 0 Å². The van der Waals surface area contributed by atoms with Gasteiger partial charge < -0.3 is 9.47 Å². The largest absolute Gasteiger partial charge is 0.493 e. The summed E-state index contributed by atoms with van der Waals surface area (Å²) in [4.78, 5) is 4.66. The van der Waals surface area contributed by atoms with Gasteiger partial charge in [0, 0.05) is 10.9 Å². The molecular formula is C19H17NO2S. The highest BCUT2D eigenvalue weighted by molar-refractivity contribution is 7.10. The number of rotatable bonds is 5. The van der Waals surface area contributed by atoms with E-state index in [2.05, 4.69) is 23.2 Å². The first kappa shape index (κ1) is 15.3. The summed E-state index contributed by atoms with van der Waals surface area (Å²) in [6.45, 7) is 0. The first-order chi connectivity index (χ1) is 11.3. The third-order valence-electron chi connectivity index (χ3n) is 3.42. The van der Waals surface area contributed by atoms with Gasteiger partial charge in [-0.2, -0.15) is 0 Å². The molecule has 1 heterocycles. The highest BCUT2D eigenvalue weighted by Gasteiger charge is 2.08. The Morgan fingerprint density at radius 1 is 0.913 bits per heavy atom. The van der Waals surface area contributed by atoms with Gasteiger partial charge in [0.05, 0.1) is 19.9 Å². The molecule has 3 aromatic rings. The van der Waals surface area contributed by atoms with E-state index >= 15 is 0 Å². The molecule has 23 heavy (non-hydrogen) atoms. The third-order valence-corrected chi connectivity index (χ3v) is 4.23. The van der Waals surface area contributed by atoms with Crippen molar-refractivity contribution in [3.05, 3.63) is 64.5 Å². The zero-order valence-electron chi connectivity index (χ0n) is 13.0. The average Bonchev–Trinajstić information content (AvgIpc) is 3.09. The molecule has 0 N–H and O–H groups in total. The molecule has 4 heteroatoms. The summed E-state index contributed by atoms with van der Waals surface area (Å²) in [5, 5.41) is 3.02. The van der Waals surface area contributed by atoms with Crippen LogP contribution in [0, 0.1) is 0 Å². The Bertz CT molecular complexity index is 809. The lowest BCUT2D eigenvalue weighted by Crippen LogP contribution is -1.90. The van der Waals surface area contributed by atoms with Crippen LogP contribution in [0.5, 0.6) is 11.5 Å². The lowest BCUT2D eigenvalue weighted by molar-refractivity contribution is 0.355. The highest BCUT2D eigenvalue weighted by atomic mass is 32.1. The van der Waals surface area contributed by atoms with Crippen molar-refractivity contribution in [3.63, 3.8) is 0 Å². The zero-order valence-corrected chi connectivity index (χ0v) is 13.8. The van der Waals surface area contributed by atoms with Crippen molar-refractivity contribution in [2.45, 2.75) is 0 Å². The van der Waals surface area contributed by atoms with Crippen LogP contribution in [-0.2, 0) is 0 Å². The van der Waals surface area contributed by atoms with E-state index in [-0.39, 0.29) is 0 Å². The normalized spacial score (nSPS) is 10.9. The second-order valence-corrected chi connectivity index (χ2v) is 5.77. The van der Waals surface area contributed by atoms with E-state index in [0.29, 0.717) is 5.75 Å². The minimum Gasteiger partial charge on any atom is -0.493 e. The van der Waals surface area contributed by atoms with Gasteiger partial charge in [0.2, 0.25) is 0 Å². The molecule has 0 bridgehead atoms. The molecule has 116 valence electrons. The van der Waals surface area contributed by atoms with E-state index in [1.807, 2.05) is 47.9 Å². The number of benzene rings is 2. The summed E-state index contributed by atoms with van der Waals surface area (Å²) < 4.78 is 10.6. The van der Waals surface area contributed by atoms with Crippen molar-refractivity contribution in [1.82, 2.24) is 4.98 Å². The SMILES string of the molecule is COc1ccc(-c2csc(/C=C/c3ccccc3)n2)cc1OC. The Hall–Kier alpha value is -2.59. The van der Waals surface area contributed by atoms with E-state index in [4.69, 9.17) is 9.47 Å². The minimum atomic E-state index is 0.708. The maximum absolute atomic E-state index is 5.35. The zero-order chi connectivity index (χ0) is 16.1. The third kappa shape index (κ3) is 3.60. The molecule has 0 saturated heterocycles. The number of ether oxygens (including phenoxy) is 2. The predicted octanol–water partition coefficient (Wildman–Crippen LogP) is 5.00. The van der Waals surface area contributed by atoms with Crippen LogP contribution in [0.4, 0.5) is 0 Å². The van der Waals surface area contributed by atoms with Gasteiger partial charge >= 0.3 is 0 Å². The Morgan fingerprint density at radius 2 is 1.70 bits per heavy atom. The quantitative estimate of drug-likeness (QED) is 0.662. The fourth-order valence-electron chi connectivity index (χ4n) is 2.22. The van der Waals surface area contributed by atoms with Crippen molar-refractivity contribution in [2.24, 2.45) is 0 Å². The molecule has 2 aromatic carbocycles. The van der Waals surface area contributed by atoms with Crippen molar-refractivity contribution in [3.8, 4) is 22.8 Å². The lowest BCUT2D eigenvalue weighted by Gasteiger charge is -2.08. The second kappa shape index (κ2) is 7.11. The fourth-order valence-corrected chi connectivity index (χ4v) is 2.94. The van der Waals surface area contributed by atoms with Gasteiger partial charge in [-0.1, -0.05) is 36.4 Å². The highest BCUT2D eigenvalue weighted by Crippen LogP contribution is 2.32. The van der Waals surface area contributed by atoms with E-state index in [1.165, 1.54) is 0 Å². The Morgan fingerprint density at radius 3 is 2.43 bits per heavy atom. The number of hydrogen-bond acceptors (Lipinski definition) is 4. The summed E-state index contributed by atoms with van der Waals surface area (Å²) in [7, 11) is 3.27. The smallest absolute Gasteiger partial charge is 0.161 e. The molecule has 3 rings (SSSR count). The number of nitrogens with zero attached hydrogens (tertiary/aromatic N) is 1. The summed E-state index contributed by atoms with van der Waals surface area (Å²) in [6, 6.07) is 16.0. The molecule has 3 nitrogen and oxygen atoms in total. The molecule has 0 aliphatic heterocycles. The summed E-state index contributed by atoms with van der Waals surface area (Å²) >= 11 is 1.62. The number of hydrogen-bond donors (Lipinski definition) is 0. The number of methoxy groups -OCH3 is 2. The van der Waals surface area contributed by atoms with Gasteiger partial charge in [-0.05, 0) is 29.8 Å². The molecule has 1 aromatic heterocycles. The second-order valence-electron chi connectivity index (χ2n) is 4.88. The fraction of sp³-hybridized carbons (Fsp3) is 0.105. The summed E-state index contributed by atoms with van der Waals surface area (Å²) in [5.41, 5.74) is 3.11. The van der Waals surface area contributed by atoms with E-state index < -0.39 is 0 Å². The van der Waals surface area contributed by atoms with Gasteiger partial charge in [0.15, 0.2) is 11.5 Å². The van der Waals surface area contributed by atoms with Crippen molar-refractivity contribution >= 4 is 23.5 Å². The van der Waals surface area contributed by atoms with Crippen LogP contribution >= 0.6 is 11.3 Å². The first-order valence-corrected chi connectivity index (χ1v) is 8.09. The summed E-state index contributed by atoms with van der Waals surface area (Å²) in [5.74, 6) is 1.43. The van der Waals surface area contributed by atoms with Gasteiger partial charge in [-0.3, -0.25) is 0 Å². The molecule has 0 unspecified atom stereocenters. The van der Waals surface area contributed by atoms with Gasteiger partial charge in [-0.15, -0.1) is 11.3 Å². The van der Waals surface area contributed by atoms with Crippen LogP contribution in [0.3, 0.4) is 0 Å².